The molecule has 6 nitrogen and oxygen atoms in total. The molecule has 1 N–H and O–H groups in total. The Labute approximate surface area is 139 Å². The molecule has 0 spiro atoms. The summed E-state index contributed by atoms with van der Waals surface area (Å²) < 4.78 is 15.5. The van der Waals surface area contributed by atoms with E-state index in [0.717, 1.165) is 25.7 Å². The van der Waals surface area contributed by atoms with E-state index in [2.05, 4.69) is 5.32 Å². The summed E-state index contributed by atoms with van der Waals surface area (Å²) >= 11 is 0. The summed E-state index contributed by atoms with van der Waals surface area (Å²) in [7, 11) is 1.63. The van der Waals surface area contributed by atoms with Crippen molar-refractivity contribution in [2.45, 2.75) is 51.5 Å². The number of ketones is 1. The summed E-state index contributed by atoms with van der Waals surface area (Å²) in [4.78, 5) is 23.5. The topological polar surface area (TPSA) is 73.9 Å². The van der Waals surface area contributed by atoms with Crippen LogP contribution in [0.15, 0.2) is 0 Å². The maximum Gasteiger partial charge on any atom is 0.222 e. The quantitative estimate of drug-likeness (QED) is 0.552. The molecular formula is C17H31NO5. The summed E-state index contributed by atoms with van der Waals surface area (Å²) in [5.41, 5.74) is 0. The maximum absolute atomic E-state index is 11.9. The van der Waals surface area contributed by atoms with E-state index < -0.39 is 0 Å². The van der Waals surface area contributed by atoms with E-state index in [0.29, 0.717) is 51.7 Å². The molecule has 1 aliphatic carbocycles. The Morgan fingerprint density at radius 3 is 2.17 bits per heavy atom. The lowest BCUT2D eigenvalue weighted by atomic mass is 9.83. The van der Waals surface area contributed by atoms with E-state index >= 15 is 0 Å². The second-order valence-electron chi connectivity index (χ2n) is 5.90. The summed E-state index contributed by atoms with van der Waals surface area (Å²) in [6.07, 6.45) is 4.58. The molecule has 0 unspecified atom stereocenters. The molecule has 0 heterocycles. The summed E-state index contributed by atoms with van der Waals surface area (Å²) in [6, 6.07) is 0.209. The Balaban J connectivity index is 1.99. The van der Waals surface area contributed by atoms with Gasteiger partial charge in [-0.25, -0.2) is 0 Å². The Kier molecular flexibility index (Phi) is 10.9. The van der Waals surface area contributed by atoms with Crippen molar-refractivity contribution in [2.75, 3.05) is 40.1 Å². The fraction of sp³-hybridized carbons (Fsp3) is 0.882. The zero-order valence-electron chi connectivity index (χ0n) is 14.5. The molecule has 0 aromatic heterocycles. The van der Waals surface area contributed by atoms with Crippen molar-refractivity contribution in [3.05, 3.63) is 0 Å². The lowest BCUT2D eigenvalue weighted by Crippen LogP contribution is -2.39. The van der Waals surface area contributed by atoms with E-state index in [9.17, 15) is 9.59 Å². The highest BCUT2D eigenvalue weighted by Gasteiger charge is 2.25. The van der Waals surface area contributed by atoms with Crippen molar-refractivity contribution in [1.29, 1.82) is 0 Å². The number of hydrogen-bond acceptors (Lipinski definition) is 5. The molecule has 23 heavy (non-hydrogen) atoms. The molecule has 134 valence electrons. The molecule has 1 saturated carbocycles. The first kappa shape index (κ1) is 20.1. The minimum absolute atomic E-state index is 0.0237. The molecule has 0 aliphatic heterocycles. The van der Waals surface area contributed by atoms with Crippen LogP contribution < -0.4 is 5.32 Å². The third-order valence-electron chi connectivity index (χ3n) is 4.17. The van der Waals surface area contributed by atoms with Crippen LogP contribution in [-0.4, -0.2) is 57.9 Å². The SMILES string of the molecule is CCC(=O)C1CCC(NC(=O)CCOCCOCCOC)CC1. The third kappa shape index (κ3) is 9.03. The van der Waals surface area contributed by atoms with Crippen molar-refractivity contribution < 1.29 is 23.8 Å². The van der Waals surface area contributed by atoms with Crippen LogP contribution in [0.25, 0.3) is 0 Å². The zero-order valence-corrected chi connectivity index (χ0v) is 14.5. The van der Waals surface area contributed by atoms with Crippen LogP contribution in [0.4, 0.5) is 0 Å². The molecule has 0 atom stereocenters. The first-order valence-corrected chi connectivity index (χ1v) is 8.63. The van der Waals surface area contributed by atoms with Crippen molar-refractivity contribution >= 4 is 11.7 Å². The van der Waals surface area contributed by atoms with Crippen LogP contribution in [0, 0.1) is 5.92 Å². The molecule has 0 saturated heterocycles. The van der Waals surface area contributed by atoms with Gasteiger partial charge in [0, 0.05) is 31.9 Å². The van der Waals surface area contributed by atoms with Crippen molar-refractivity contribution in [3.63, 3.8) is 0 Å². The number of ether oxygens (including phenoxy) is 3. The number of rotatable bonds is 12. The Morgan fingerprint density at radius 2 is 1.57 bits per heavy atom. The number of Topliss-reactive ketones (excluding diaryl/α,β-unsaturated/α-hetero) is 1. The summed E-state index contributed by atoms with van der Waals surface area (Å²) in [5.74, 6) is 0.584. The predicted octanol–water partition coefficient (Wildman–Crippen LogP) is 1.71. The Bertz CT molecular complexity index is 340. The van der Waals surface area contributed by atoms with Gasteiger partial charge in [-0.05, 0) is 25.7 Å². The van der Waals surface area contributed by atoms with Crippen LogP contribution >= 0.6 is 0 Å². The van der Waals surface area contributed by atoms with Crippen molar-refractivity contribution in [2.24, 2.45) is 5.92 Å². The molecule has 1 rings (SSSR count). The largest absolute Gasteiger partial charge is 0.382 e. The highest BCUT2D eigenvalue weighted by Crippen LogP contribution is 2.25. The number of carbonyl (C=O) groups is 2. The van der Waals surface area contributed by atoms with Gasteiger partial charge in [0.2, 0.25) is 5.91 Å². The van der Waals surface area contributed by atoms with Gasteiger partial charge in [0.1, 0.15) is 5.78 Å². The minimum atomic E-state index is 0.0237. The normalized spacial score (nSPS) is 21.1. The highest BCUT2D eigenvalue weighted by molar-refractivity contribution is 5.80. The van der Waals surface area contributed by atoms with E-state index in [1.807, 2.05) is 6.92 Å². The number of hydrogen-bond donors (Lipinski definition) is 1. The first-order chi connectivity index (χ1) is 11.2. The number of amides is 1. The lowest BCUT2D eigenvalue weighted by molar-refractivity contribution is -0.124. The number of nitrogens with one attached hydrogen (secondary N) is 1. The number of methoxy groups -OCH3 is 1. The zero-order chi connectivity index (χ0) is 16.9. The molecule has 0 radical (unpaired) electrons. The monoisotopic (exact) mass is 329 g/mol. The Hall–Kier alpha value is -0.980. The Morgan fingerprint density at radius 1 is 0.957 bits per heavy atom. The van der Waals surface area contributed by atoms with Gasteiger partial charge in [-0.15, -0.1) is 0 Å². The summed E-state index contributed by atoms with van der Waals surface area (Å²) in [6.45, 7) is 4.46. The lowest BCUT2D eigenvalue weighted by Gasteiger charge is -2.28. The third-order valence-corrected chi connectivity index (χ3v) is 4.17. The standard InChI is InChI=1S/C17H31NO5/c1-3-16(19)14-4-6-15(7-5-14)18-17(20)8-9-22-12-13-23-11-10-21-2/h14-15H,3-13H2,1-2H3,(H,18,20). The van der Waals surface area contributed by atoms with Gasteiger partial charge < -0.3 is 19.5 Å². The average Bonchev–Trinajstić information content (AvgIpc) is 2.57. The average molecular weight is 329 g/mol. The van der Waals surface area contributed by atoms with Gasteiger partial charge in [0.05, 0.1) is 33.0 Å². The van der Waals surface area contributed by atoms with Gasteiger partial charge in [-0.2, -0.15) is 0 Å². The summed E-state index contributed by atoms with van der Waals surface area (Å²) in [5, 5.41) is 3.04. The first-order valence-electron chi connectivity index (χ1n) is 8.63. The second-order valence-corrected chi connectivity index (χ2v) is 5.90. The van der Waals surface area contributed by atoms with Gasteiger partial charge in [-0.1, -0.05) is 6.92 Å². The molecular weight excluding hydrogens is 298 g/mol. The fourth-order valence-corrected chi connectivity index (χ4v) is 2.78. The number of carbonyl (C=O) groups excluding carboxylic acids is 2. The van der Waals surface area contributed by atoms with Crippen LogP contribution in [0.2, 0.25) is 0 Å². The molecule has 1 aliphatic rings. The smallest absolute Gasteiger partial charge is 0.222 e. The van der Waals surface area contributed by atoms with Crippen LogP contribution in [-0.2, 0) is 23.8 Å². The fourth-order valence-electron chi connectivity index (χ4n) is 2.78. The van der Waals surface area contributed by atoms with Crippen molar-refractivity contribution in [1.82, 2.24) is 5.32 Å². The second kappa shape index (κ2) is 12.4. The molecule has 1 amide bonds. The van der Waals surface area contributed by atoms with E-state index in [-0.39, 0.29) is 17.9 Å². The predicted molar refractivity (Wildman–Crippen MR) is 87.3 cm³/mol. The van der Waals surface area contributed by atoms with Gasteiger partial charge >= 0.3 is 0 Å². The van der Waals surface area contributed by atoms with Crippen LogP contribution in [0.3, 0.4) is 0 Å². The van der Waals surface area contributed by atoms with E-state index in [1.165, 1.54) is 0 Å². The molecule has 6 heteroatoms. The van der Waals surface area contributed by atoms with Gasteiger partial charge in [0.25, 0.3) is 0 Å². The molecule has 0 aromatic carbocycles. The van der Waals surface area contributed by atoms with Gasteiger partial charge in [-0.3, -0.25) is 9.59 Å². The maximum atomic E-state index is 11.9. The highest BCUT2D eigenvalue weighted by atomic mass is 16.5. The van der Waals surface area contributed by atoms with E-state index in [4.69, 9.17) is 14.2 Å². The molecule has 0 aromatic rings. The van der Waals surface area contributed by atoms with Crippen LogP contribution in [0.5, 0.6) is 0 Å². The molecule has 0 bridgehead atoms. The van der Waals surface area contributed by atoms with Crippen molar-refractivity contribution in [3.8, 4) is 0 Å². The van der Waals surface area contributed by atoms with E-state index in [1.54, 1.807) is 7.11 Å². The van der Waals surface area contributed by atoms with Crippen LogP contribution in [0.1, 0.15) is 45.4 Å². The molecule has 1 fully saturated rings. The van der Waals surface area contributed by atoms with Gasteiger partial charge in [0.15, 0.2) is 0 Å². The minimum Gasteiger partial charge on any atom is -0.382 e.